The number of benzene rings is 1. The maximum absolute atomic E-state index is 10.9. The molecule has 0 bridgehead atoms. The van der Waals surface area contributed by atoms with E-state index < -0.39 is 0 Å². The molecule has 1 aliphatic heterocycles. The fraction of sp³-hybridized carbons (Fsp3) is 0.250. The van der Waals surface area contributed by atoms with Gasteiger partial charge >= 0.3 is 0 Å². The molecule has 1 aliphatic rings. The highest BCUT2D eigenvalue weighted by Crippen LogP contribution is 2.34. The molecule has 4 nitrogen and oxygen atoms in total. The first-order valence-corrected chi connectivity index (χ1v) is 4.94. The van der Waals surface area contributed by atoms with Crippen molar-refractivity contribution in [3.63, 3.8) is 0 Å². The van der Waals surface area contributed by atoms with Crippen molar-refractivity contribution in [1.29, 1.82) is 0 Å². The van der Waals surface area contributed by atoms with Crippen molar-refractivity contribution in [2.24, 2.45) is 0 Å². The van der Waals surface area contributed by atoms with Gasteiger partial charge in [0.1, 0.15) is 24.7 Å². The first-order chi connectivity index (χ1) is 7.76. The van der Waals surface area contributed by atoms with Crippen molar-refractivity contribution in [3.8, 4) is 18.1 Å². The predicted octanol–water partition coefficient (Wildman–Crippen LogP) is 0.668. The zero-order valence-electron chi connectivity index (χ0n) is 8.72. The number of nitrogen functional groups attached to an aromatic ring is 1. The molecule has 1 unspecified atom stereocenters. The molecule has 0 amide bonds. The second-order valence-electron chi connectivity index (χ2n) is 3.57. The number of nitrogens with two attached hydrogens (primary N) is 1. The van der Waals surface area contributed by atoms with Gasteiger partial charge in [-0.1, -0.05) is 5.92 Å². The second-order valence-corrected chi connectivity index (χ2v) is 3.57. The Morgan fingerprint density at radius 3 is 3.19 bits per heavy atom. The molecule has 2 N–H and O–H groups in total. The number of aldehydes is 1. The lowest BCUT2D eigenvalue weighted by molar-refractivity contribution is -0.109. The van der Waals surface area contributed by atoms with E-state index in [9.17, 15) is 4.79 Å². The van der Waals surface area contributed by atoms with Gasteiger partial charge < -0.3 is 20.2 Å². The Morgan fingerprint density at radius 1 is 1.69 bits per heavy atom. The smallest absolute Gasteiger partial charge is 0.145 e. The minimum Gasteiger partial charge on any atom is -0.489 e. The number of anilines is 2. The summed E-state index contributed by atoms with van der Waals surface area (Å²) in [7, 11) is 0. The summed E-state index contributed by atoms with van der Waals surface area (Å²) < 4.78 is 5.46. The molecule has 1 aromatic rings. The van der Waals surface area contributed by atoms with Crippen molar-refractivity contribution < 1.29 is 9.53 Å². The maximum Gasteiger partial charge on any atom is 0.145 e. The fourth-order valence-electron chi connectivity index (χ4n) is 1.74. The zero-order chi connectivity index (χ0) is 11.5. The van der Waals surface area contributed by atoms with Crippen LogP contribution in [0.1, 0.15) is 0 Å². The minimum absolute atomic E-state index is 0.322. The third-order valence-electron chi connectivity index (χ3n) is 2.52. The summed E-state index contributed by atoms with van der Waals surface area (Å²) in [6.45, 7) is 0.686. The lowest BCUT2D eigenvalue weighted by Gasteiger charge is -2.34. The number of hydrogen-bond acceptors (Lipinski definition) is 4. The number of rotatable bonds is 2. The van der Waals surface area contributed by atoms with Crippen LogP contribution < -0.4 is 15.4 Å². The summed E-state index contributed by atoms with van der Waals surface area (Å²) in [6.07, 6.45) is 6.13. The van der Waals surface area contributed by atoms with Gasteiger partial charge in [-0.3, -0.25) is 0 Å². The van der Waals surface area contributed by atoms with E-state index in [1.807, 2.05) is 4.90 Å². The van der Waals surface area contributed by atoms with Crippen LogP contribution in [0, 0.1) is 12.3 Å². The van der Waals surface area contributed by atoms with Gasteiger partial charge in [-0.25, -0.2) is 0 Å². The van der Waals surface area contributed by atoms with Crippen LogP contribution in [0.2, 0.25) is 0 Å². The molecule has 0 saturated heterocycles. The molecule has 0 fully saturated rings. The molecule has 0 radical (unpaired) electrons. The molecular weight excluding hydrogens is 204 g/mol. The molecule has 16 heavy (non-hydrogen) atoms. The number of hydrogen-bond donors (Lipinski definition) is 1. The Morgan fingerprint density at radius 2 is 2.50 bits per heavy atom. The average Bonchev–Trinajstić information content (AvgIpc) is 2.30. The van der Waals surface area contributed by atoms with Crippen molar-refractivity contribution >= 4 is 17.7 Å². The molecule has 0 aliphatic carbocycles. The van der Waals surface area contributed by atoms with Gasteiger partial charge in [0.25, 0.3) is 0 Å². The summed E-state index contributed by atoms with van der Waals surface area (Å²) in [5.41, 5.74) is 7.11. The molecule has 0 spiro atoms. The van der Waals surface area contributed by atoms with Crippen LogP contribution in [-0.2, 0) is 4.79 Å². The minimum atomic E-state index is -0.342. The average molecular weight is 216 g/mol. The Balaban J connectivity index is 2.43. The van der Waals surface area contributed by atoms with E-state index >= 15 is 0 Å². The topological polar surface area (TPSA) is 55.6 Å². The van der Waals surface area contributed by atoms with Gasteiger partial charge in [0.05, 0.1) is 12.2 Å². The van der Waals surface area contributed by atoms with Crippen LogP contribution >= 0.6 is 0 Å². The Kier molecular flexibility index (Phi) is 2.69. The van der Waals surface area contributed by atoms with Gasteiger partial charge in [0, 0.05) is 5.69 Å². The third kappa shape index (κ3) is 1.68. The molecule has 0 saturated carbocycles. The first-order valence-electron chi connectivity index (χ1n) is 4.94. The first kappa shape index (κ1) is 10.4. The number of fused-ring (bicyclic) bond motifs is 1. The summed E-state index contributed by atoms with van der Waals surface area (Å²) in [4.78, 5) is 12.7. The number of carbonyl (C=O) groups is 1. The lowest BCUT2D eigenvalue weighted by Crippen LogP contribution is -2.44. The molecule has 0 aromatic heterocycles. The normalized spacial score (nSPS) is 18.2. The van der Waals surface area contributed by atoms with Crippen molar-refractivity contribution in [1.82, 2.24) is 0 Å². The zero-order valence-corrected chi connectivity index (χ0v) is 8.72. The van der Waals surface area contributed by atoms with E-state index in [1.54, 1.807) is 18.2 Å². The van der Waals surface area contributed by atoms with E-state index in [1.165, 1.54) is 0 Å². The van der Waals surface area contributed by atoms with Crippen LogP contribution in [0.3, 0.4) is 0 Å². The molecule has 4 heteroatoms. The number of ether oxygens (including phenoxy) is 1. The Bertz CT molecular complexity index is 451. The number of terminal acetylenes is 1. The highest BCUT2D eigenvalue weighted by molar-refractivity contribution is 5.74. The summed E-state index contributed by atoms with van der Waals surface area (Å²) >= 11 is 0. The lowest BCUT2D eigenvalue weighted by atomic mass is 10.1. The van der Waals surface area contributed by atoms with Crippen LogP contribution in [-0.4, -0.2) is 25.5 Å². The van der Waals surface area contributed by atoms with Gasteiger partial charge in [-0.15, -0.1) is 6.42 Å². The van der Waals surface area contributed by atoms with Gasteiger partial charge in [-0.05, 0) is 18.2 Å². The van der Waals surface area contributed by atoms with E-state index in [4.69, 9.17) is 16.9 Å². The van der Waals surface area contributed by atoms with Crippen molar-refractivity contribution in [2.75, 3.05) is 23.8 Å². The van der Waals surface area contributed by atoms with Crippen LogP contribution in [0.4, 0.5) is 11.4 Å². The van der Waals surface area contributed by atoms with Crippen LogP contribution in [0.25, 0.3) is 0 Å². The number of carbonyl (C=O) groups excluding carboxylic acids is 1. The monoisotopic (exact) mass is 216 g/mol. The SMILES string of the molecule is C#CCN1c2cc(N)ccc2OCC1C=O. The van der Waals surface area contributed by atoms with Gasteiger partial charge in [-0.2, -0.15) is 0 Å². The molecule has 1 atom stereocenters. The van der Waals surface area contributed by atoms with Gasteiger partial charge in [0.15, 0.2) is 0 Å². The van der Waals surface area contributed by atoms with E-state index in [-0.39, 0.29) is 6.04 Å². The third-order valence-corrected chi connectivity index (χ3v) is 2.52. The molecular formula is C12H12N2O2. The standard InChI is InChI=1S/C12H12N2O2/c1-2-5-14-10(7-15)8-16-12-4-3-9(13)6-11(12)14/h1,3-4,6-7,10H,5,8,13H2. The van der Waals surface area contributed by atoms with E-state index in [2.05, 4.69) is 5.92 Å². The van der Waals surface area contributed by atoms with E-state index in [0.717, 1.165) is 12.0 Å². The highest BCUT2D eigenvalue weighted by Gasteiger charge is 2.26. The summed E-state index contributed by atoms with van der Waals surface area (Å²) in [5, 5.41) is 0. The quantitative estimate of drug-likeness (QED) is 0.448. The summed E-state index contributed by atoms with van der Waals surface area (Å²) in [6, 6.07) is 4.97. The number of nitrogens with zero attached hydrogens (tertiary/aromatic N) is 1. The van der Waals surface area contributed by atoms with Crippen molar-refractivity contribution in [3.05, 3.63) is 18.2 Å². The Hall–Kier alpha value is -2.15. The predicted molar refractivity (Wildman–Crippen MR) is 62.4 cm³/mol. The maximum atomic E-state index is 10.9. The molecule has 1 heterocycles. The molecule has 2 rings (SSSR count). The fourth-order valence-corrected chi connectivity index (χ4v) is 1.74. The Labute approximate surface area is 94.0 Å². The van der Waals surface area contributed by atoms with Gasteiger partial charge in [0.2, 0.25) is 0 Å². The van der Waals surface area contributed by atoms with Crippen molar-refractivity contribution in [2.45, 2.75) is 6.04 Å². The van der Waals surface area contributed by atoms with E-state index in [0.29, 0.717) is 24.6 Å². The second kappa shape index (κ2) is 4.15. The largest absolute Gasteiger partial charge is 0.489 e. The summed E-state index contributed by atoms with van der Waals surface area (Å²) in [5.74, 6) is 3.24. The van der Waals surface area contributed by atoms with Crippen LogP contribution in [0.15, 0.2) is 18.2 Å². The molecule has 1 aromatic carbocycles. The highest BCUT2D eigenvalue weighted by atomic mass is 16.5. The van der Waals surface area contributed by atoms with Crippen LogP contribution in [0.5, 0.6) is 5.75 Å². The molecule has 82 valence electrons.